The quantitative estimate of drug-likeness (QED) is 0.269. The molecule has 0 saturated heterocycles. The topological polar surface area (TPSA) is 57.2 Å². The molecular formula is C10H7F14KO3S. The maximum Gasteiger partial charge on any atom is 1.00 e. The summed E-state index contributed by atoms with van der Waals surface area (Å²) < 4.78 is 213. The van der Waals surface area contributed by atoms with Gasteiger partial charge in [-0.05, 0) is 0 Å². The van der Waals surface area contributed by atoms with Crippen LogP contribution in [0.15, 0.2) is 0 Å². The van der Waals surface area contributed by atoms with Gasteiger partial charge in [-0.15, -0.1) is 0 Å². The Balaban J connectivity index is 0. The van der Waals surface area contributed by atoms with Crippen LogP contribution < -0.4 is 51.4 Å². The average molecular weight is 512 g/mol. The fraction of sp³-hybridized carbons (Fsp3) is 1.00. The molecule has 19 heteroatoms. The summed E-state index contributed by atoms with van der Waals surface area (Å²) in [6.45, 7) is 0.614. The van der Waals surface area contributed by atoms with E-state index < -0.39 is 63.7 Å². The van der Waals surface area contributed by atoms with Crippen LogP contribution in [0, 0.1) is 0 Å². The molecular weight excluding hydrogens is 505 g/mol. The van der Waals surface area contributed by atoms with Crippen LogP contribution in [0.1, 0.15) is 19.8 Å². The Morgan fingerprint density at radius 2 is 0.897 bits per heavy atom. The van der Waals surface area contributed by atoms with E-state index in [0.717, 1.165) is 0 Å². The third-order valence-corrected chi connectivity index (χ3v) is 4.16. The van der Waals surface area contributed by atoms with E-state index in [1.54, 1.807) is 0 Å². The Hall–Kier alpha value is 0.566. The molecule has 0 amide bonds. The first-order chi connectivity index (χ1) is 11.8. The molecule has 3 nitrogen and oxygen atoms in total. The normalized spacial score (nSPS) is 15.9. The predicted octanol–water partition coefficient (Wildman–Crippen LogP) is 1.74. The molecule has 0 aromatic carbocycles. The van der Waals surface area contributed by atoms with Crippen molar-refractivity contribution in [1.29, 1.82) is 0 Å². The molecule has 29 heavy (non-hydrogen) atoms. The summed E-state index contributed by atoms with van der Waals surface area (Å²) in [5.74, 6) is -46.9. The van der Waals surface area contributed by atoms with Crippen molar-refractivity contribution in [2.45, 2.75) is 60.6 Å². The van der Waals surface area contributed by atoms with Gasteiger partial charge < -0.3 is 4.55 Å². The summed E-state index contributed by atoms with van der Waals surface area (Å²) in [5, 5.41) is -7.72. The van der Waals surface area contributed by atoms with Crippen LogP contribution in [-0.4, -0.2) is 53.8 Å². The molecule has 0 N–H and O–H groups in total. The minimum atomic E-state index is -8.42. The van der Waals surface area contributed by atoms with Crippen molar-refractivity contribution in [3.05, 3.63) is 0 Å². The molecule has 0 atom stereocenters. The van der Waals surface area contributed by atoms with Crippen LogP contribution in [0.2, 0.25) is 0 Å². The van der Waals surface area contributed by atoms with Crippen molar-refractivity contribution in [2.75, 3.05) is 0 Å². The predicted molar refractivity (Wildman–Crippen MR) is 59.2 cm³/mol. The molecule has 0 aromatic heterocycles. The second-order valence-corrected chi connectivity index (χ2v) is 6.72. The molecule has 0 aliphatic rings. The van der Waals surface area contributed by atoms with E-state index in [2.05, 4.69) is 0 Å². The van der Waals surface area contributed by atoms with Crippen molar-refractivity contribution in [1.82, 2.24) is 0 Å². The molecule has 0 radical (unpaired) electrons. The van der Waals surface area contributed by atoms with Gasteiger partial charge in [-0.1, -0.05) is 13.3 Å². The maximum absolute atomic E-state index is 13.2. The van der Waals surface area contributed by atoms with Crippen molar-refractivity contribution in [3.63, 3.8) is 0 Å². The second kappa shape index (κ2) is 8.49. The van der Waals surface area contributed by atoms with Crippen molar-refractivity contribution >= 4 is 10.1 Å². The number of hydrogen-bond donors (Lipinski definition) is 0. The molecule has 170 valence electrons. The summed E-state index contributed by atoms with van der Waals surface area (Å²) in [6, 6.07) is 0. The smallest absolute Gasteiger partial charge is 0.743 e. The van der Waals surface area contributed by atoms with E-state index in [1.807, 2.05) is 0 Å². The zero-order valence-electron chi connectivity index (χ0n) is 13.8. The molecule has 0 unspecified atom stereocenters. The molecule has 0 rings (SSSR count). The summed E-state index contributed by atoms with van der Waals surface area (Å²) in [7, 11) is -7.95. The maximum atomic E-state index is 13.2. The van der Waals surface area contributed by atoms with E-state index in [-0.39, 0.29) is 51.4 Å². The van der Waals surface area contributed by atoms with Crippen molar-refractivity contribution < 1.29 is 126 Å². The molecule has 0 spiro atoms. The minimum Gasteiger partial charge on any atom is -0.743 e. The van der Waals surface area contributed by atoms with Gasteiger partial charge in [0.05, 0.1) is 0 Å². The van der Waals surface area contributed by atoms with Gasteiger partial charge in [-0.3, -0.25) is 0 Å². The van der Waals surface area contributed by atoms with Crippen LogP contribution in [0.4, 0.5) is 61.5 Å². The summed E-state index contributed by atoms with van der Waals surface area (Å²) in [5.41, 5.74) is 0. The van der Waals surface area contributed by atoms with Gasteiger partial charge in [0.25, 0.3) is 0 Å². The van der Waals surface area contributed by atoms with E-state index in [0.29, 0.717) is 6.92 Å². The molecule has 0 heterocycles. The van der Waals surface area contributed by atoms with Gasteiger partial charge >= 0.3 is 92.2 Å². The largest absolute Gasteiger partial charge is 1.00 e. The summed E-state index contributed by atoms with van der Waals surface area (Å²) in [6.07, 6.45) is -3.48. The van der Waals surface area contributed by atoms with Gasteiger partial charge in [0.15, 0.2) is 10.1 Å². The monoisotopic (exact) mass is 512 g/mol. The molecule has 0 saturated carbocycles. The van der Waals surface area contributed by atoms with E-state index >= 15 is 0 Å². The number of rotatable bonds is 9. The standard InChI is InChI=1S/C10H8F14O3S.K/c1-2-3-4(11,12)5(13,14)6(15,16)7(17,18)8(19,20)9(21,22)10(23,24)28(25,26)27;/h2-3H2,1H3,(H,25,26,27);/q;+1/p-1. The zero-order chi connectivity index (χ0) is 23.4. The fourth-order valence-electron chi connectivity index (χ4n) is 1.63. The van der Waals surface area contributed by atoms with Crippen LogP contribution in [0.5, 0.6) is 0 Å². The molecule has 0 bridgehead atoms. The van der Waals surface area contributed by atoms with Crippen molar-refractivity contribution in [2.24, 2.45) is 0 Å². The van der Waals surface area contributed by atoms with Crippen LogP contribution >= 0.6 is 0 Å². The van der Waals surface area contributed by atoms with E-state index in [4.69, 9.17) is 0 Å². The van der Waals surface area contributed by atoms with Gasteiger partial charge in [-0.25, -0.2) is 8.42 Å². The van der Waals surface area contributed by atoms with Gasteiger partial charge in [-0.2, -0.15) is 61.5 Å². The first kappa shape index (κ1) is 31.8. The number of hydrogen-bond acceptors (Lipinski definition) is 3. The molecule has 0 aromatic rings. The zero-order valence-corrected chi connectivity index (χ0v) is 17.8. The van der Waals surface area contributed by atoms with E-state index in [1.165, 1.54) is 0 Å². The Morgan fingerprint density at radius 3 is 1.17 bits per heavy atom. The third-order valence-electron chi connectivity index (χ3n) is 3.28. The Morgan fingerprint density at radius 1 is 0.621 bits per heavy atom. The van der Waals surface area contributed by atoms with Gasteiger partial charge in [0.1, 0.15) is 0 Å². The minimum absolute atomic E-state index is 0. The molecule has 0 fully saturated rings. The fourth-order valence-corrected chi connectivity index (χ4v) is 2.07. The summed E-state index contributed by atoms with van der Waals surface area (Å²) >= 11 is 0. The molecule has 0 aliphatic heterocycles. The van der Waals surface area contributed by atoms with Crippen LogP contribution in [-0.2, 0) is 10.1 Å². The SMILES string of the molecule is CCCC(F)(F)C(F)(F)C(F)(F)C(F)(F)C(F)(F)C(F)(F)C(F)(F)S(=O)(=O)[O-].[K+]. The van der Waals surface area contributed by atoms with E-state index in [9.17, 15) is 74.4 Å². The van der Waals surface area contributed by atoms with Crippen LogP contribution in [0.3, 0.4) is 0 Å². The summed E-state index contributed by atoms with van der Waals surface area (Å²) in [4.78, 5) is 0. The first-order valence-corrected chi connectivity index (χ1v) is 7.82. The average Bonchev–Trinajstić information content (AvgIpc) is 2.44. The van der Waals surface area contributed by atoms with Crippen LogP contribution in [0.25, 0.3) is 0 Å². The van der Waals surface area contributed by atoms with Gasteiger partial charge in [0, 0.05) is 6.42 Å². The Labute approximate surface area is 195 Å². The number of halogens is 14. The molecule has 0 aliphatic carbocycles. The Kier molecular flexibility index (Phi) is 9.29. The van der Waals surface area contributed by atoms with Crippen molar-refractivity contribution in [3.8, 4) is 0 Å². The third kappa shape index (κ3) is 4.42. The Bertz CT molecular complexity index is 690. The second-order valence-electron chi connectivity index (χ2n) is 5.30. The van der Waals surface area contributed by atoms with Gasteiger partial charge in [0.2, 0.25) is 0 Å². The number of alkyl halides is 14. The first-order valence-electron chi connectivity index (χ1n) is 6.41.